The average Bonchev–Trinajstić information content (AvgIpc) is 3.11. The van der Waals surface area contributed by atoms with Crippen LogP contribution in [0.1, 0.15) is 15.9 Å². The van der Waals surface area contributed by atoms with Gasteiger partial charge in [0, 0.05) is 22.7 Å². The van der Waals surface area contributed by atoms with Crippen molar-refractivity contribution < 1.29 is 9.21 Å². The van der Waals surface area contributed by atoms with E-state index in [1.54, 1.807) is 24.3 Å². The number of oxazole rings is 1. The first-order valence-corrected chi connectivity index (χ1v) is 8.55. The fourth-order valence-corrected chi connectivity index (χ4v) is 2.87. The molecule has 128 valence electrons. The molecule has 1 amide bonds. The molecule has 5 heteroatoms. The average molecular weight is 363 g/mol. The number of hydrogen-bond acceptors (Lipinski definition) is 3. The number of amides is 1. The summed E-state index contributed by atoms with van der Waals surface area (Å²) in [5, 5.41) is 3.43. The predicted octanol–water partition coefficient (Wildman–Crippen LogP) is 5.08. The van der Waals surface area contributed by atoms with Crippen LogP contribution < -0.4 is 5.32 Å². The van der Waals surface area contributed by atoms with E-state index in [0.29, 0.717) is 23.0 Å². The number of nitrogens with zero attached hydrogens (tertiary/aromatic N) is 1. The van der Waals surface area contributed by atoms with Gasteiger partial charge in [-0.1, -0.05) is 41.9 Å². The van der Waals surface area contributed by atoms with Gasteiger partial charge in [-0.15, -0.1) is 0 Å². The Kier molecular flexibility index (Phi) is 4.42. The largest absolute Gasteiger partial charge is 0.436 e. The highest BCUT2D eigenvalue weighted by Gasteiger charge is 2.09. The second kappa shape index (κ2) is 7.02. The minimum Gasteiger partial charge on any atom is -0.436 e. The van der Waals surface area contributed by atoms with Crippen LogP contribution in [-0.2, 0) is 6.54 Å². The van der Waals surface area contributed by atoms with Gasteiger partial charge in [0.2, 0.25) is 5.89 Å². The molecule has 0 atom stereocenters. The minimum atomic E-state index is -0.157. The lowest BCUT2D eigenvalue weighted by atomic mass is 10.1. The smallest absolute Gasteiger partial charge is 0.251 e. The Morgan fingerprint density at radius 2 is 1.81 bits per heavy atom. The van der Waals surface area contributed by atoms with Crippen molar-refractivity contribution in [1.29, 1.82) is 0 Å². The quantitative estimate of drug-likeness (QED) is 0.551. The van der Waals surface area contributed by atoms with Gasteiger partial charge < -0.3 is 9.73 Å². The molecule has 0 aliphatic carbocycles. The minimum absolute atomic E-state index is 0.157. The second-order valence-electron chi connectivity index (χ2n) is 5.88. The van der Waals surface area contributed by atoms with Gasteiger partial charge >= 0.3 is 0 Å². The van der Waals surface area contributed by atoms with Gasteiger partial charge in [0.25, 0.3) is 5.91 Å². The zero-order valence-corrected chi connectivity index (χ0v) is 14.5. The molecule has 0 saturated heterocycles. The molecule has 4 aromatic rings. The molecule has 1 aromatic heterocycles. The zero-order valence-electron chi connectivity index (χ0n) is 13.8. The second-order valence-corrected chi connectivity index (χ2v) is 6.31. The maximum atomic E-state index is 12.2. The Labute approximate surface area is 155 Å². The normalized spacial score (nSPS) is 10.8. The van der Waals surface area contributed by atoms with Crippen molar-refractivity contribution in [2.75, 3.05) is 0 Å². The summed E-state index contributed by atoms with van der Waals surface area (Å²) in [5.41, 5.74) is 4.02. The van der Waals surface area contributed by atoms with E-state index >= 15 is 0 Å². The van der Waals surface area contributed by atoms with Crippen LogP contribution in [0, 0.1) is 0 Å². The zero-order chi connectivity index (χ0) is 17.9. The molecule has 26 heavy (non-hydrogen) atoms. The van der Waals surface area contributed by atoms with E-state index in [4.69, 9.17) is 16.0 Å². The van der Waals surface area contributed by atoms with Crippen LogP contribution in [0.2, 0.25) is 5.02 Å². The lowest BCUT2D eigenvalue weighted by molar-refractivity contribution is 0.0951. The summed E-state index contributed by atoms with van der Waals surface area (Å²) >= 11 is 5.92. The molecule has 0 bridgehead atoms. The molecule has 1 N–H and O–H groups in total. The number of hydrogen-bond donors (Lipinski definition) is 1. The molecule has 0 aliphatic heterocycles. The summed E-state index contributed by atoms with van der Waals surface area (Å²) < 4.78 is 5.77. The molecular weight excluding hydrogens is 348 g/mol. The van der Waals surface area contributed by atoms with Crippen LogP contribution in [0.25, 0.3) is 22.6 Å². The van der Waals surface area contributed by atoms with Gasteiger partial charge in [0.15, 0.2) is 5.58 Å². The molecule has 3 aromatic carbocycles. The molecule has 4 nitrogen and oxygen atoms in total. The number of fused-ring (bicyclic) bond motifs is 1. The van der Waals surface area contributed by atoms with E-state index in [-0.39, 0.29) is 5.91 Å². The van der Waals surface area contributed by atoms with Gasteiger partial charge in [-0.25, -0.2) is 4.98 Å². The van der Waals surface area contributed by atoms with Crippen LogP contribution >= 0.6 is 11.6 Å². The van der Waals surface area contributed by atoms with E-state index in [1.807, 2.05) is 48.5 Å². The van der Waals surface area contributed by atoms with Crippen molar-refractivity contribution in [2.45, 2.75) is 6.54 Å². The SMILES string of the molecule is O=C(NCc1ccc(-c2nc3ccccc3o2)cc1)c1cccc(Cl)c1. The van der Waals surface area contributed by atoms with E-state index in [1.165, 1.54) is 0 Å². The first-order chi connectivity index (χ1) is 12.7. The first-order valence-electron chi connectivity index (χ1n) is 8.18. The third-order valence-electron chi connectivity index (χ3n) is 4.03. The number of benzene rings is 3. The van der Waals surface area contributed by atoms with Gasteiger partial charge in [0.1, 0.15) is 5.52 Å². The standard InChI is InChI=1S/C21H15ClN2O2/c22-17-5-3-4-16(12-17)20(25)23-13-14-8-10-15(11-9-14)21-24-18-6-1-2-7-19(18)26-21/h1-12H,13H2,(H,23,25). The number of nitrogens with one attached hydrogen (secondary N) is 1. The van der Waals surface area contributed by atoms with E-state index in [0.717, 1.165) is 22.2 Å². The van der Waals surface area contributed by atoms with Gasteiger partial charge in [0.05, 0.1) is 0 Å². The molecule has 0 radical (unpaired) electrons. The summed E-state index contributed by atoms with van der Waals surface area (Å²) in [6, 6.07) is 22.3. The van der Waals surface area contributed by atoms with Crippen molar-refractivity contribution in [3.8, 4) is 11.5 Å². The Hall–Kier alpha value is -3.11. The Bertz CT molecular complexity index is 1040. The van der Waals surface area contributed by atoms with Gasteiger partial charge in [-0.05, 0) is 48.0 Å². The lowest BCUT2D eigenvalue weighted by Gasteiger charge is -2.06. The molecule has 0 spiro atoms. The topological polar surface area (TPSA) is 55.1 Å². The molecule has 0 aliphatic rings. The van der Waals surface area contributed by atoms with E-state index in [2.05, 4.69) is 10.3 Å². The van der Waals surface area contributed by atoms with Crippen molar-refractivity contribution in [3.63, 3.8) is 0 Å². The molecule has 0 saturated carbocycles. The van der Waals surface area contributed by atoms with Crippen LogP contribution in [0.5, 0.6) is 0 Å². The number of rotatable bonds is 4. The van der Waals surface area contributed by atoms with Crippen molar-refractivity contribution in [2.24, 2.45) is 0 Å². The number of para-hydroxylation sites is 2. The highest BCUT2D eigenvalue weighted by Crippen LogP contribution is 2.24. The van der Waals surface area contributed by atoms with Crippen LogP contribution in [0.3, 0.4) is 0 Å². The highest BCUT2D eigenvalue weighted by molar-refractivity contribution is 6.30. The number of carbonyl (C=O) groups is 1. The number of aromatic nitrogens is 1. The van der Waals surface area contributed by atoms with E-state index < -0.39 is 0 Å². The molecule has 1 heterocycles. The molecule has 0 fully saturated rings. The van der Waals surface area contributed by atoms with E-state index in [9.17, 15) is 4.79 Å². The van der Waals surface area contributed by atoms with Crippen molar-refractivity contribution >= 4 is 28.6 Å². The number of carbonyl (C=O) groups excluding carboxylic acids is 1. The Morgan fingerprint density at radius 3 is 2.58 bits per heavy atom. The fraction of sp³-hybridized carbons (Fsp3) is 0.0476. The lowest BCUT2D eigenvalue weighted by Crippen LogP contribution is -2.22. The summed E-state index contributed by atoms with van der Waals surface area (Å²) in [4.78, 5) is 16.6. The summed E-state index contributed by atoms with van der Waals surface area (Å²) in [6.07, 6.45) is 0. The predicted molar refractivity (Wildman–Crippen MR) is 102 cm³/mol. The third-order valence-corrected chi connectivity index (χ3v) is 4.27. The molecular formula is C21H15ClN2O2. The highest BCUT2D eigenvalue weighted by atomic mass is 35.5. The Balaban J connectivity index is 1.45. The summed E-state index contributed by atoms with van der Waals surface area (Å²) in [7, 11) is 0. The van der Waals surface area contributed by atoms with Crippen LogP contribution in [0.15, 0.2) is 77.2 Å². The van der Waals surface area contributed by atoms with Crippen LogP contribution in [0.4, 0.5) is 0 Å². The summed E-state index contributed by atoms with van der Waals surface area (Å²) in [6.45, 7) is 0.430. The third kappa shape index (κ3) is 3.46. The summed E-state index contributed by atoms with van der Waals surface area (Å²) in [5.74, 6) is 0.427. The fourth-order valence-electron chi connectivity index (χ4n) is 2.67. The van der Waals surface area contributed by atoms with Gasteiger partial charge in [-0.3, -0.25) is 4.79 Å². The maximum absolute atomic E-state index is 12.2. The van der Waals surface area contributed by atoms with Crippen LogP contribution in [-0.4, -0.2) is 10.9 Å². The Morgan fingerprint density at radius 1 is 1.00 bits per heavy atom. The monoisotopic (exact) mass is 362 g/mol. The maximum Gasteiger partial charge on any atom is 0.251 e. The first kappa shape index (κ1) is 16.4. The van der Waals surface area contributed by atoms with Crippen molar-refractivity contribution in [1.82, 2.24) is 10.3 Å². The molecule has 0 unspecified atom stereocenters. The molecule has 4 rings (SSSR count). The van der Waals surface area contributed by atoms with Crippen molar-refractivity contribution in [3.05, 3.63) is 88.9 Å². The number of halogens is 1. The van der Waals surface area contributed by atoms with Gasteiger partial charge in [-0.2, -0.15) is 0 Å².